The van der Waals surface area contributed by atoms with E-state index in [1.54, 1.807) is 6.07 Å². The second-order valence-electron chi connectivity index (χ2n) is 5.39. The first-order chi connectivity index (χ1) is 8.99. The summed E-state index contributed by atoms with van der Waals surface area (Å²) >= 11 is 12.3. The number of nitrogens with zero attached hydrogens (tertiary/aromatic N) is 2. The minimum absolute atomic E-state index is 0.0590. The lowest BCUT2D eigenvalue weighted by molar-refractivity contribution is 0.0973. The van der Waals surface area contributed by atoms with Gasteiger partial charge in [-0.15, -0.1) is 0 Å². The number of hydrogen-bond acceptors (Lipinski definition) is 3. The first-order valence-corrected chi connectivity index (χ1v) is 7.32. The molecule has 0 aromatic heterocycles. The Morgan fingerprint density at radius 2 is 2.05 bits per heavy atom. The maximum Gasteiger partial charge on any atom is 0.0624 e. The van der Waals surface area contributed by atoms with Gasteiger partial charge in [-0.05, 0) is 32.1 Å². The van der Waals surface area contributed by atoms with E-state index in [0.29, 0.717) is 16.1 Å². The molecule has 0 bridgehead atoms. The van der Waals surface area contributed by atoms with Crippen LogP contribution in [0.2, 0.25) is 10.0 Å². The van der Waals surface area contributed by atoms with Crippen molar-refractivity contribution in [3.05, 3.63) is 33.8 Å². The summed E-state index contributed by atoms with van der Waals surface area (Å²) in [5.41, 5.74) is 7.41. The molecule has 19 heavy (non-hydrogen) atoms. The molecule has 2 N–H and O–H groups in total. The average molecular weight is 302 g/mol. The van der Waals surface area contributed by atoms with E-state index in [-0.39, 0.29) is 6.04 Å². The van der Waals surface area contributed by atoms with Gasteiger partial charge < -0.3 is 10.6 Å². The monoisotopic (exact) mass is 301 g/mol. The fourth-order valence-electron chi connectivity index (χ4n) is 2.60. The number of halogens is 2. The number of benzene rings is 1. The van der Waals surface area contributed by atoms with Crippen molar-refractivity contribution in [2.24, 2.45) is 5.73 Å². The second-order valence-corrected chi connectivity index (χ2v) is 6.18. The molecule has 1 aromatic rings. The summed E-state index contributed by atoms with van der Waals surface area (Å²) < 4.78 is 0. The fourth-order valence-corrected chi connectivity index (χ4v) is 3.00. The highest BCUT2D eigenvalue weighted by molar-refractivity contribution is 6.42. The molecular weight excluding hydrogens is 281 g/mol. The van der Waals surface area contributed by atoms with E-state index in [9.17, 15) is 0 Å². The molecule has 1 aliphatic rings. The molecule has 1 fully saturated rings. The van der Waals surface area contributed by atoms with Crippen LogP contribution in [-0.4, -0.2) is 55.6 Å². The third kappa shape index (κ3) is 3.61. The fraction of sp³-hybridized carbons (Fsp3) is 0.571. The van der Waals surface area contributed by atoms with E-state index in [2.05, 4.69) is 23.9 Å². The molecule has 2 rings (SSSR count). The van der Waals surface area contributed by atoms with Gasteiger partial charge in [0.25, 0.3) is 0 Å². The third-order valence-electron chi connectivity index (χ3n) is 3.88. The normalized spacial score (nSPS) is 23.5. The zero-order valence-corrected chi connectivity index (χ0v) is 13.0. The summed E-state index contributed by atoms with van der Waals surface area (Å²) in [5.74, 6) is 0. The van der Waals surface area contributed by atoms with Crippen molar-refractivity contribution in [2.45, 2.75) is 18.5 Å². The largest absolute Gasteiger partial charge is 0.326 e. The molecule has 1 aliphatic heterocycles. The summed E-state index contributed by atoms with van der Waals surface area (Å²) in [7, 11) is 4.27. The molecule has 0 radical (unpaired) electrons. The molecule has 106 valence electrons. The summed E-state index contributed by atoms with van der Waals surface area (Å²) in [5, 5.41) is 1.23. The van der Waals surface area contributed by atoms with E-state index in [1.807, 2.05) is 12.1 Å². The highest BCUT2D eigenvalue weighted by atomic mass is 35.5. The van der Waals surface area contributed by atoms with E-state index in [1.165, 1.54) is 0 Å². The molecule has 1 heterocycles. The quantitative estimate of drug-likeness (QED) is 0.928. The molecule has 5 heteroatoms. The predicted molar refractivity (Wildman–Crippen MR) is 82.1 cm³/mol. The number of piperazine rings is 1. The van der Waals surface area contributed by atoms with Crippen LogP contribution >= 0.6 is 23.2 Å². The van der Waals surface area contributed by atoms with Crippen LogP contribution < -0.4 is 5.73 Å². The first kappa shape index (κ1) is 15.1. The summed E-state index contributed by atoms with van der Waals surface area (Å²) in [6, 6.07) is 6.14. The minimum Gasteiger partial charge on any atom is -0.326 e. The topological polar surface area (TPSA) is 32.5 Å². The summed E-state index contributed by atoms with van der Waals surface area (Å²) in [4.78, 5) is 4.66. The van der Waals surface area contributed by atoms with Gasteiger partial charge in [-0.25, -0.2) is 0 Å². The van der Waals surface area contributed by atoms with Crippen LogP contribution in [0.3, 0.4) is 0 Å². The van der Waals surface area contributed by atoms with Crippen LogP contribution in [0.15, 0.2) is 18.2 Å². The maximum absolute atomic E-state index is 6.38. The molecule has 0 amide bonds. The predicted octanol–water partition coefficient (Wildman–Crippen LogP) is 2.11. The molecule has 0 saturated carbocycles. The van der Waals surface area contributed by atoms with Crippen molar-refractivity contribution in [3.63, 3.8) is 0 Å². The summed E-state index contributed by atoms with van der Waals surface area (Å²) in [6.07, 6.45) is 0.752. The molecule has 1 aromatic carbocycles. The molecule has 3 nitrogen and oxygen atoms in total. The average Bonchev–Trinajstić information content (AvgIpc) is 2.38. The number of rotatable bonds is 3. The Bertz CT molecular complexity index is 439. The molecular formula is C14H21Cl2N3. The number of nitrogens with two attached hydrogens (primary N) is 1. The smallest absolute Gasteiger partial charge is 0.0624 e. The number of likely N-dealkylation sites (N-methyl/N-ethyl adjacent to an activating group) is 2. The highest BCUT2D eigenvalue weighted by Gasteiger charge is 2.28. The lowest BCUT2D eigenvalue weighted by Gasteiger charge is -2.40. The Morgan fingerprint density at radius 1 is 1.32 bits per heavy atom. The van der Waals surface area contributed by atoms with E-state index < -0.39 is 0 Å². The highest BCUT2D eigenvalue weighted by Crippen LogP contribution is 2.27. The van der Waals surface area contributed by atoms with Crippen LogP contribution in [0, 0.1) is 0 Å². The van der Waals surface area contributed by atoms with Gasteiger partial charge in [-0.3, -0.25) is 4.90 Å². The lowest BCUT2D eigenvalue weighted by atomic mass is 9.97. The van der Waals surface area contributed by atoms with E-state index >= 15 is 0 Å². The maximum atomic E-state index is 6.38. The standard InChI is InChI=1S/C14H21Cl2N3/c1-18-6-7-19(2)13(9-18)12(17)8-10-4-3-5-11(15)14(10)16/h3-5,12-13H,6-9,17H2,1-2H3. The Hall–Kier alpha value is -0.320. The van der Waals surface area contributed by atoms with Crippen LogP contribution in [0.4, 0.5) is 0 Å². The SMILES string of the molecule is CN1CCN(C)C(C(N)Cc2cccc(Cl)c2Cl)C1. The Labute approximate surface area is 125 Å². The number of hydrogen-bond donors (Lipinski definition) is 1. The van der Waals surface area contributed by atoms with Crippen LogP contribution in [0.1, 0.15) is 5.56 Å². The van der Waals surface area contributed by atoms with Gasteiger partial charge in [0.15, 0.2) is 0 Å². The third-order valence-corrected chi connectivity index (χ3v) is 4.74. The van der Waals surface area contributed by atoms with Crippen LogP contribution in [0.5, 0.6) is 0 Å². The van der Waals surface area contributed by atoms with Crippen molar-refractivity contribution in [2.75, 3.05) is 33.7 Å². The molecule has 0 aliphatic carbocycles. The van der Waals surface area contributed by atoms with Gasteiger partial charge in [0, 0.05) is 31.7 Å². The van der Waals surface area contributed by atoms with Gasteiger partial charge in [0.1, 0.15) is 0 Å². The van der Waals surface area contributed by atoms with Crippen molar-refractivity contribution < 1.29 is 0 Å². The molecule has 2 atom stereocenters. The van der Waals surface area contributed by atoms with Gasteiger partial charge in [0.05, 0.1) is 10.0 Å². The Kier molecular flexibility index (Phi) is 5.09. The van der Waals surface area contributed by atoms with E-state index in [4.69, 9.17) is 28.9 Å². The minimum atomic E-state index is 0.0590. The van der Waals surface area contributed by atoms with Crippen molar-refractivity contribution in [1.29, 1.82) is 0 Å². The van der Waals surface area contributed by atoms with Gasteiger partial charge in [0.2, 0.25) is 0 Å². The van der Waals surface area contributed by atoms with Gasteiger partial charge in [-0.1, -0.05) is 35.3 Å². The Balaban J connectivity index is 2.07. The lowest BCUT2D eigenvalue weighted by Crippen LogP contribution is -2.58. The molecule has 1 saturated heterocycles. The molecule has 2 unspecified atom stereocenters. The van der Waals surface area contributed by atoms with Gasteiger partial charge in [-0.2, -0.15) is 0 Å². The van der Waals surface area contributed by atoms with E-state index in [0.717, 1.165) is 31.6 Å². The summed E-state index contributed by atoms with van der Waals surface area (Å²) in [6.45, 7) is 3.14. The van der Waals surface area contributed by atoms with Crippen molar-refractivity contribution in [1.82, 2.24) is 9.80 Å². The zero-order valence-electron chi connectivity index (χ0n) is 11.4. The van der Waals surface area contributed by atoms with Crippen molar-refractivity contribution in [3.8, 4) is 0 Å². The van der Waals surface area contributed by atoms with Crippen LogP contribution in [0.25, 0.3) is 0 Å². The van der Waals surface area contributed by atoms with Crippen LogP contribution in [-0.2, 0) is 6.42 Å². The first-order valence-electron chi connectivity index (χ1n) is 6.56. The zero-order chi connectivity index (χ0) is 14.0. The van der Waals surface area contributed by atoms with Crippen molar-refractivity contribution >= 4 is 23.2 Å². The van der Waals surface area contributed by atoms with Gasteiger partial charge >= 0.3 is 0 Å². The second kappa shape index (κ2) is 6.42. The Morgan fingerprint density at radius 3 is 2.79 bits per heavy atom. The molecule has 0 spiro atoms.